The highest BCUT2D eigenvalue weighted by Crippen LogP contribution is 2.29. The second-order valence-electron chi connectivity index (χ2n) is 7.18. The summed E-state index contributed by atoms with van der Waals surface area (Å²) in [5, 5.41) is 11.2. The van der Waals surface area contributed by atoms with Crippen LogP contribution in [0.2, 0.25) is 0 Å². The summed E-state index contributed by atoms with van der Waals surface area (Å²) < 4.78 is 11.2. The maximum Gasteiger partial charge on any atom is 0.339 e. The van der Waals surface area contributed by atoms with E-state index in [2.05, 4.69) is 4.90 Å². The van der Waals surface area contributed by atoms with E-state index in [1.807, 2.05) is 12.1 Å². The third kappa shape index (κ3) is 4.05. The fourth-order valence-electron chi connectivity index (χ4n) is 4.04. The van der Waals surface area contributed by atoms with Crippen molar-refractivity contribution in [2.45, 2.75) is 44.6 Å². The van der Waals surface area contributed by atoms with Gasteiger partial charge in [-0.2, -0.15) is 0 Å². The van der Waals surface area contributed by atoms with Gasteiger partial charge in [-0.15, -0.1) is 12.4 Å². The van der Waals surface area contributed by atoms with Gasteiger partial charge in [-0.1, -0.05) is 6.42 Å². The SMILES string of the molecule is Cl.O=c1oc2cc(OCC(O)CN3CCCCC3)ccc2c2c1CCC2. The molecule has 1 atom stereocenters. The quantitative estimate of drug-likeness (QED) is 0.809. The number of halogens is 1. The Labute approximate surface area is 159 Å². The van der Waals surface area contributed by atoms with E-state index in [1.54, 1.807) is 6.07 Å². The summed E-state index contributed by atoms with van der Waals surface area (Å²) in [6.07, 6.45) is 5.96. The minimum absolute atomic E-state index is 0. The second-order valence-corrected chi connectivity index (χ2v) is 7.18. The Hall–Kier alpha value is -1.56. The maximum absolute atomic E-state index is 12.1. The van der Waals surface area contributed by atoms with Crippen LogP contribution in [0.5, 0.6) is 5.75 Å². The monoisotopic (exact) mass is 379 g/mol. The molecule has 0 radical (unpaired) electrons. The molecule has 1 aliphatic heterocycles. The number of hydrogen-bond donors (Lipinski definition) is 1. The Kier molecular flexibility index (Phi) is 6.22. The van der Waals surface area contributed by atoms with Crippen molar-refractivity contribution in [3.63, 3.8) is 0 Å². The van der Waals surface area contributed by atoms with E-state index >= 15 is 0 Å². The number of aliphatic hydroxyl groups is 1. The molecule has 1 aliphatic carbocycles. The van der Waals surface area contributed by atoms with Crippen LogP contribution in [-0.4, -0.2) is 42.4 Å². The highest BCUT2D eigenvalue weighted by Gasteiger charge is 2.20. The number of fused-ring (bicyclic) bond motifs is 3. The number of rotatable bonds is 5. The molecule has 1 fully saturated rings. The van der Waals surface area contributed by atoms with Gasteiger partial charge in [0.1, 0.15) is 24.0 Å². The molecule has 2 heterocycles. The van der Waals surface area contributed by atoms with E-state index in [1.165, 1.54) is 19.3 Å². The molecule has 2 aromatic rings. The van der Waals surface area contributed by atoms with Crippen molar-refractivity contribution in [3.8, 4) is 5.75 Å². The molecule has 26 heavy (non-hydrogen) atoms. The second kappa shape index (κ2) is 8.42. The average molecular weight is 380 g/mol. The van der Waals surface area contributed by atoms with Gasteiger partial charge in [-0.3, -0.25) is 0 Å². The lowest BCUT2D eigenvalue weighted by Gasteiger charge is -2.28. The number of piperidine rings is 1. The van der Waals surface area contributed by atoms with Crippen molar-refractivity contribution < 1.29 is 14.3 Å². The molecule has 0 saturated carbocycles. The Morgan fingerprint density at radius 2 is 1.88 bits per heavy atom. The van der Waals surface area contributed by atoms with Crippen molar-refractivity contribution in [2.24, 2.45) is 0 Å². The van der Waals surface area contributed by atoms with Crippen LogP contribution in [0.15, 0.2) is 27.4 Å². The minimum atomic E-state index is -0.513. The summed E-state index contributed by atoms with van der Waals surface area (Å²) >= 11 is 0. The molecule has 0 spiro atoms. The first kappa shape index (κ1) is 19.2. The summed E-state index contributed by atoms with van der Waals surface area (Å²) in [6, 6.07) is 5.63. The van der Waals surface area contributed by atoms with Crippen LogP contribution in [-0.2, 0) is 12.8 Å². The summed E-state index contributed by atoms with van der Waals surface area (Å²) in [5.74, 6) is 0.631. The number of ether oxygens (including phenoxy) is 1. The number of β-amino-alcohol motifs (C(OH)–C–C–N with tert-alkyl or cyclic N) is 1. The Balaban J connectivity index is 0.00000196. The molecule has 0 amide bonds. The van der Waals surface area contributed by atoms with Crippen molar-refractivity contribution in [2.75, 3.05) is 26.2 Å². The van der Waals surface area contributed by atoms with Gasteiger partial charge < -0.3 is 19.2 Å². The fourth-order valence-corrected chi connectivity index (χ4v) is 4.04. The normalized spacial score (nSPS) is 18.3. The standard InChI is InChI=1S/C20H25NO4.ClH/c22-14(12-21-9-2-1-3-10-21)13-24-15-7-8-17-16-5-4-6-18(16)20(23)25-19(17)11-15;/h7-8,11,14,22H,1-6,9-10,12-13H2;1H. The van der Waals surface area contributed by atoms with Crippen LogP contribution in [0.4, 0.5) is 0 Å². The molecular formula is C20H26ClNO4. The molecule has 2 aliphatic rings. The summed E-state index contributed by atoms with van der Waals surface area (Å²) in [5.41, 5.74) is 2.32. The Bertz CT molecular complexity index is 813. The lowest BCUT2D eigenvalue weighted by Crippen LogP contribution is -2.38. The molecule has 1 saturated heterocycles. The molecule has 1 unspecified atom stereocenters. The largest absolute Gasteiger partial charge is 0.491 e. The third-order valence-electron chi connectivity index (χ3n) is 5.31. The zero-order valence-corrected chi connectivity index (χ0v) is 15.7. The summed E-state index contributed by atoms with van der Waals surface area (Å²) in [4.78, 5) is 14.4. The molecule has 0 bridgehead atoms. The maximum atomic E-state index is 12.1. The Morgan fingerprint density at radius 3 is 2.69 bits per heavy atom. The summed E-state index contributed by atoms with van der Waals surface area (Å²) in [6.45, 7) is 3.01. The first-order chi connectivity index (χ1) is 12.2. The van der Waals surface area contributed by atoms with E-state index in [0.717, 1.165) is 48.9 Å². The van der Waals surface area contributed by atoms with Crippen LogP contribution >= 0.6 is 12.4 Å². The number of nitrogens with zero attached hydrogens (tertiary/aromatic N) is 1. The lowest BCUT2D eigenvalue weighted by molar-refractivity contribution is 0.0617. The topological polar surface area (TPSA) is 62.9 Å². The molecule has 6 heteroatoms. The zero-order valence-electron chi connectivity index (χ0n) is 14.9. The van der Waals surface area contributed by atoms with Crippen molar-refractivity contribution in [1.82, 2.24) is 4.90 Å². The first-order valence-electron chi connectivity index (χ1n) is 9.32. The number of aliphatic hydroxyl groups excluding tert-OH is 1. The van der Waals surface area contributed by atoms with Gasteiger partial charge in [0.05, 0.1) is 0 Å². The minimum Gasteiger partial charge on any atom is -0.491 e. The van der Waals surface area contributed by atoms with Gasteiger partial charge in [0.25, 0.3) is 0 Å². The van der Waals surface area contributed by atoms with Crippen LogP contribution in [0.25, 0.3) is 11.0 Å². The van der Waals surface area contributed by atoms with Gasteiger partial charge >= 0.3 is 5.63 Å². The fraction of sp³-hybridized carbons (Fsp3) is 0.550. The third-order valence-corrected chi connectivity index (χ3v) is 5.31. The van der Waals surface area contributed by atoms with E-state index in [4.69, 9.17) is 9.15 Å². The van der Waals surface area contributed by atoms with Gasteiger partial charge in [0.15, 0.2) is 0 Å². The highest BCUT2D eigenvalue weighted by atomic mass is 35.5. The molecule has 1 aromatic carbocycles. The molecule has 142 valence electrons. The predicted octanol–water partition coefficient (Wildman–Crippen LogP) is 2.93. The van der Waals surface area contributed by atoms with Gasteiger partial charge in [-0.05, 0) is 62.9 Å². The van der Waals surface area contributed by atoms with E-state index in [-0.39, 0.29) is 24.6 Å². The molecule has 4 rings (SSSR count). The van der Waals surface area contributed by atoms with E-state index in [0.29, 0.717) is 17.9 Å². The van der Waals surface area contributed by atoms with Crippen molar-refractivity contribution in [1.29, 1.82) is 0 Å². The van der Waals surface area contributed by atoms with Gasteiger partial charge in [0, 0.05) is 23.6 Å². The molecule has 1 N–H and O–H groups in total. The van der Waals surface area contributed by atoms with Crippen molar-refractivity contribution in [3.05, 3.63) is 39.7 Å². The molecular weight excluding hydrogens is 354 g/mol. The summed E-state index contributed by atoms with van der Waals surface area (Å²) in [7, 11) is 0. The predicted molar refractivity (Wildman–Crippen MR) is 104 cm³/mol. The Morgan fingerprint density at radius 1 is 1.12 bits per heavy atom. The van der Waals surface area contributed by atoms with Crippen LogP contribution in [0.1, 0.15) is 36.8 Å². The van der Waals surface area contributed by atoms with Crippen LogP contribution in [0, 0.1) is 0 Å². The lowest BCUT2D eigenvalue weighted by atomic mass is 10.1. The number of benzene rings is 1. The number of hydrogen-bond acceptors (Lipinski definition) is 5. The van der Waals surface area contributed by atoms with Crippen LogP contribution < -0.4 is 10.4 Å². The number of aryl methyl sites for hydroxylation is 1. The van der Waals surface area contributed by atoms with Gasteiger partial charge in [0.2, 0.25) is 0 Å². The van der Waals surface area contributed by atoms with E-state index < -0.39 is 6.10 Å². The van der Waals surface area contributed by atoms with E-state index in [9.17, 15) is 9.90 Å². The average Bonchev–Trinajstić information content (AvgIpc) is 3.11. The zero-order chi connectivity index (χ0) is 17.2. The molecule has 5 nitrogen and oxygen atoms in total. The smallest absolute Gasteiger partial charge is 0.339 e. The first-order valence-corrected chi connectivity index (χ1v) is 9.32. The molecule has 1 aromatic heterocycles. The van der Waals surface area contributed by atoms with Gasteiger partial charge in [-0.25, -0.2) is 4.79 Å². The van der Waals surface area contributed by atoms with Crippen LogP contribution in [0.3, 0.4) is 0 Å². The number of likely N-dealkylation sites (tertiary alicyclic amines) is 1. The van der Waals surface area contributed by atoms with Crippen molar-refractivity contribution >= 4 is 23.4 Å². The highest BCUT2D eigenvalue weighted by molar-refractivity contribution is 5.85.